The smallest absolute Gasteiger partial charge is 0.313 e. The van der Waals surface area contributed by atoms with Crippen LogP contribution in [0.2, 0.25) is 0 Å². The van der Waals surface area contributed by atoms with Gasteiger partial charge in [0.1, 0.15) is 11.5 Å². The number of aryl methyl sites for hydroxylation is 1. The van der Waals surface area contributed by atoms with E-state index in [1.54, 1.807) is 32.5 Å². The van der Waals surface area contributed by atoms with Crippen LogP contribution in [-0.2, 0) is 4.79 Å². The number of nitrogens with zero attached hydrogens (tertiary/aromatic N) is 2. The Hall–Kier alpha value is -2.15. The predicted molar refractivity (Wildman–Crippen MR) is 79.8 cm³/mol. The molecule has 0 unspecified atom stereocenters. The van der Waals surface area contributed by atoms with Crippen LogP contribution < -0.4 is 9.47 Å². The van der Waals surface area contributed by atoms with Gasteiger partial charge in [-0.3, -0.25) is 9.36 Å². The molecule has 0 atom stereocenters. The third kappa shape index (κ3) is 3.30. The SMILES string of the molecule is COc1ccc(OC)c(-n2c(C)cnc2SCC(=O)O)c1. The van der Waals surface area contributed by atoms with E-state index in [4.69, 9.17) is 14.6 Å². The maximum Gasteiger partial charge on any atom is 0.313 e. The monoisotopic (exact) mass is 308 g/mol. The fraction of sp³-hybridized carbons (Fsp3) is 0.286. The lowest BCUT2D eigenvalue weighted by atomic mass is 10.2. The molecule has 0 aliphatic heterocycles. The van der Waals surface area contributed by atoms with Crippen LogP contribution in [0.5, 0.6) is 11.5 Å². The van der Waals surface area contributed by atoms with Gasteiger partial charge in [-0.25, -0.2) is 4.98 Å². The molecule has 0 aliphatic carbocycles. The van der Waals surface area contributed by atoms with Crippen LogP contribution in [0.3, 0.4) is 0 Å². The zero-order valence-corrected chi connectivity index (χ0v) is 12.8. The average Bonchev–Trinajstić information content (AvgIpc) is 2.85. The lowest BCUT2D eigenvalue weighted by molar-refractivity contribution is -0.133. The number of carbonyl (C=O) groups is 1. The Morgan fingerprint density at radius 1 is 1.38 bits per heavy atom. The standard InChI is InChI=1S/C14H16N2O4S/c1-9-7-15-14(21-8-13(17)18)16(9)11-6-10(19-2)4-5-12(11)20-3/h4-7H,8H2,1-3H3,(H,17,18). The second kappa shape index (κ2) is 6.53. The van der Waals surface area contributed by atoms with Crippen LogP contribution in [0.4, 0.5) is 0 Å². The topological polar surface area (TPSA) is 73.6 Å². The lowest BCUT2D eigenvalue weighted by Crippen LogP contribution is -2.04. The van der Waals surface area contributed by atoms with Crippen LogP contribution in [0.15, 0.2) is 29.6 Å². The van der Waals surface area contributed by atoms with Gasteiger partial charge < -0.3 is 14.6 Å². The van der Waals surface area contributed by atoms with E-state index >= 15 is 0 Å². The second-order valence-corrected chi connectivity index (χ2v) is 5.18. The van der Waals surface area contributed by atoms with Crippen LogP contribution in [0, 0.1) is 6.92 Å². The van der Waals surface area contributed by atoms with Gasteiger partial charge in [0.15, 0.2) is 5.16 Å². The molecule has 2 rings (SSSR count). The van der Waals surface area contributed by atoms with Gasteiger partial charge in [0, 0.05) is 18.0 Å². The minimum absolute atomic E-state index is 0.0528. The first-order chi connectivity index (χ1) is 10.1. The summed E-state index contributed by atoms with van der Waals surface area (Å²) in [4.78, 5) is 15.0. The molecule has 0 aliphatic rings. The fourth-order valence-electron chi connectivity index (χ4n) is 1.91. The highest BCUT2D eigenvalue weighted by Gasteiger charge is 2.15. The van der Waals surface area contributed by atoms with Crippen molar-refractivity contribution in [1.82, 2.24) is 9.55 Å². The number of hydrogen-bond acceptors (Lipinski definition) is 5. The van der Waals surface area contributed by atoms with Crippen molar-refractivity contribution in [3.63, 3.8) is 0 Å². The molecule has 1 aromatic heterocycles. The number of imidazole rings is 1. The number of thioether (sulfide) groups is 1. The highest BCUT2D eigenvalue weighted by molar-refractivity contribution is 7.99. The summed E-state index contributed by atoms with van der Waals surface area (Å²) in [5.74, 6) is 0.412. The zero-order valence-electron chi connectivity index (χ0n) is 12.0. The number of carboxylic acid groups (broad SMARTS) is 1. The average molecular weight is 308 g/mol. The lowest BCUT2D eigenvalue weighted by Gasteiger charge is -2.14. The van der Waals surface area contributed by atoms with Crippen molar-refractivity contribution in [2.24, 2.45) is 0 Å². The zero-order chi connectivity index (χ0) is 15.4. The summed E-state index contributed by atoms with van der Waals surface area (Å²) in [6, 6.07) is 5.44. The summed E-state index contributed by atoms with van der Waals surface area (Å²) in [5.41, 5.74) is 1.65. The number of benzene rings is 1. The third-order valence-electron chi connectivity index (χ3n) is 2.86. The van der Waals surface area contributed by atoms with Gasteiger partial charge in [0.2, 0.25) is 0 Å². The van der Waals surface area contributed by atoms with Crippen molar-refractivity contribution in [3.8, 4) is 17.2 Å². The van der Waals surface area contributed by atoms with Gasteiger partial charge in [0.05, 0.1) is 25.7 Å². The van der Waals surface area contributed by atoms with Crippen LogP contribution in [0.25, 0.3) is 5.69 Å². The third-order valence-corrected chi connectivity index (χ3v) is 3.79. The molecule has 1 heterocycles. The van der Waals surface area contributed by atoms with E-state index in [0.717, 1.165) is 23.1 Å². The Balaban J connectivity index is 2.50. The van der Waals surface area contributed by atoms with Crippen molar-refractivity contribution in [3.05, 3.63) is 30.1 Å². The first-order valence-electron chi connectivity index (χ1n) is 6.18. The minimum atomic E-state index is -0.884. The van der Waals surface area contributed by atoms with Gasteiger partial charge in [-0.15, -0.1) is 0 Å². The van der Waals surface area contributed by atoms with Crippen molar-refractivity contribution in [2.45, 2.75) is 12.1 Å². The molecule has 6 nitrogen and oxygen atoms in total. The molecule has 2 aromatic rings. The Bertz CT molecular complexity index is 654. The molecular formula is C14H16N2O4S. The normalized spacial score (nSPS) is 10.4. The number of aliphatic carboxylic acids is 1. The summed E-state index contributed by atoms with van der Waals surface area (Å²) in [5, 5.41) is 9.42. The van der Waals surface area contributed by atoms with E-state index in [0.29, 0.717) is 16.7 Å². The van der Waals surface area contributed by atoms with E-state index in [1.165, 1.54) is 0 Å². The molecule has 112 valence electrons. The van der Waals surface area contributed by atoms with Crippen molar-refractivity contribution < 1.29 is 19.4 Å². The largest absolute Gasteiger partial charge is 0.497 e. The minimum Gasteiger partial charge on any atom is -0.497 e. The maximum atomic E-state index is 10.7. The molecule has 0 fully saturated rings. The molecule has 7 heteroatoms. The van der Waals surface area contributed by atoms with Gasteiger partial charge in [-0.05, 0) is 19.1 Å². The van der Waals surface area contributed by atoms with Gasteiger partial charge >= 0.3 is 5.97 Å². The summed E-state index contributed by atoms with van der Waals surface area (Å²) in [7, 11) is 3.17. The maximum absolute atomic E-state index is 10.7. The molecule has 0 saturated heterocycles. The highest BCUT2D eigenvalue weighted by Crippen LogP contribution is 2.32. The van der Waals surface area contributed by atoms with Crippen molar-refractivity contribution >= 4 is 17.7 Å². The van der Waals surface area contributed by atoms with Crippen LogP contribution in [-0.4, -0.2) is 40.6 Å². The molecule has 0 amide bonds. The Labute approximate surface area is 126 Å². The van der Waals surface area contributed by atoms with Gasteiger partial charge in [-0.2, -0.15) is 0 Å². The number of ether oxygens (including phenoxy) is 2. The summed E-state index contributed by atoms with van der Waals surface area (Å²) in [6.45, 7) is 1.90. The Morgan fingerprint density at radius 3 is 2.76 bits per heavy atom. The molecule has 0 radical (unpaired) electrons. The molecule has 1 N–H and O–H groups in total. The van der Waals surface area contributed by atoms with E-state index in [9.17, 15) is 4.79 Å². The van der Waals surface area contributed by atoms with Crippen LogP contribution >= 0.6 is 11.8 Å². The summed E-state index contributed by atoms with van der Waals surface area (Å²) >= 11 is 1.16. The first kappa shape index (κ1) is 15.2. The first-order valence-corrected chi connectivity index (χ1v) is 7.16. The molecule has 0 saturated carbocycles. The second-order valence-electron chi connectivity index (χ2n) is 4.24. The molecule has 1 aromatic carbocycles. The van der Waals surface area contributed by atoms with Crippen molar-refractivity contribution in [2.75, 3.05) is 20.0 Å². The molecule has 0 spiro atoms. The van der Waals surface area contributed by atoms with E-state index < -0.39 is 5.97 Å². The number of carboxylic acids is 1. The Kier molecular flexibility index (Phi) is 4.74. The summed E-state index contributed by atoms with van der Waals surface area (Å²) in [6.07, 6.45) is 1.70. The Morgan fingerprint density at radius 2 is 2.14 bits per heavy atom. The fourth-order valence-corrected chi connectivity index (χ4v) is 2.66. The van der Waals surface area contributed by atoms with E-state index in [-0.39, 0.29) is 5.75 Å². The quantitative estimate of drug-likeness (QED) is 0.826. The summed E-state index contributed by atoms with van der Waals surface area (Å²) < 4.78 is 12.5. The predicted octanol–water partition coefficient (Wildman–Crippen LogP) is 2.37. The number of rotatable bonds is 6. The number of hydrogen-bond donors (Lipinski definition) is 1. The molecule has 0 bridgehead atoms. The number of aromatic nitrogens is 2. The van der Waals surface area contributed by atoms with Gasteiger partial charge in [-0.1, -0.05) is 11.8 Å². The molecular weight excluding hydrogens is 292 g/mol. The highest BCUT2D eigenvalue weighted by atomic mass is 32.2. The van der Waals surface area contributed by atoms with Crippen LogP contribution in [0.1, 0.15) is 5.69 Å². The molecule has 21 heavy (non-hydrogen) atoms. The van der Waals surface area contributed by atoms with Gasteiger partial charge in [0.25, 0.3) is 0 Å². The van der Waals surface area contributed by atoms with E-state index in [1.807, 2.05) is 17.6 Å². The van der Waals surface area contributed by atoms with Crippen molar-refractivity contribution in [1.29, 1.82) is 0 Å². The van der Waals surface area contributed by atoms with E-state index in [2.05, 4.69) is 4.98 Å². The number of methoxy groups -OCH3 is 2.